The van der Waals surface area contributed by atoms with Crippen LogP contribution in [0.4, 0.5) is 0 Å². The van der Waals surface area contributed by atoms with Gasteiger partial charge >= 0.3 is 0 Å². The van der Waals surface area contributed by atoms with Crippen molar-refractivity contribution in [2.45, 2.75) is 19.4 Å². The van der Waals surface area contributed by atoms with Crippen LogP contribution >= 0.6 is 0 Å². The van der Waals surface area contributed by atoms with Gasteiger partial charge in [-0.1, -0.05) is 6.07 Å². The zero-order valence-electron chi connectivity index (χ0n) is 16.5. The summed E-state index contributed by atoms with van der Waals surface area (Å²) in [6.07, 6.45) is 2.98. The van der Waals surface area contributed by atoms with Crippen LogP contribution in [0.3, 0.4) is 0 Å². The number of hydrogen-bond acceptors (Lipinski definition) is 5. The van der Waals surface area contributed by atoms with Gasteiger partial charge < -0.3 is 20.1 Å². The van der Waals surface area contributed by atoms with Gasteiger partial charge in [0.2, 0.25) is 10.0 Å². The van der Waals surface area contributed by atoms with Gasteiger partial charge in [0.15, 0.2) is 17.5 Å². The van der Waals surface area contributed by atoms with Crippen molar-refractivity contribution in [3.05, 3.63) is 23.8 Å². The smallest absolute Gasteiger partial charge is 0.211 e. The second kappa shape index (κ2) is 9.80. The zero-order valence-corrected chi connectivity index (χ0v) is 17.3. The molecule has 0 amide bonds. The van der Waals surface area contributed by atoms with Crippen molar-refractivity contribution in [2.75, 3.05) is 47.2 Å². The minimum absolute atomic E-state index is 0.433. The molecule has 2 rings (SSSR count). The molecule has 1 aliphatic rings. The molecule has 1 fully saturated rings. The summed E-state index contributed by atoms with van der Waals surface area (Å²) in [6.45, 7) is 2.54. The molecular weight excluding hydrogens is 368 g/mol. The van der Waals surface area contributed by atoms with E-state index in [0.29, 0.717) is 37.1 Å². The van der Waals surface area contributed by atoms with E-state index in [0.717, 1.165) is 30.9 Å². The molecule has 9 heteroatoms. The maximum atomic E-state index is 11.6. The Balaban J connectivity index is 1.80. The molecule has 0 radical (unpaired) electrons. The number of guanidine groups is 1. The van der Waals surface area contributed by atoms with Crippen molar-refractivity contribution in [3.8, 4) is 11.5 Å². The monoisotopic (exact) mass is 398 g/mol. The summed E-state index contributed by atoms with van der Waals surface area (Å²) in [7, 11) is 1.88. The van der Waals surface area contributed by atoms with Crippen LogP contribution in [0.1, 0.15) is 18.4 Å². The van der Waals surface area contributed by atoms with E-state index in [1.807, 2.05) is 18.2 Å². The second-order valence-electron chi connectivity index (χ2n) is 6.60. The summed E-state index contributed by atoms with van der Waals surface area (Å²) in [4.78, 5) is 4.25. The lowest BCUT2D eigenvalue weighted by Gasteiger charge is -2.30. The van der Waals surface area contributed by atoms with E-state index in [1.54, 1.807) is 25.6 Å². The Labute approximate surface area is 162 Å². The molecule has 1 aromatic carbocycles. The molecule has 0 atom stereocenters. The third kappa shape index (κ3) is 6.28. The van der Waals surface area contributed by atoms with Crippen LogP contribution < -0.4 is 20.1 Å². The lowest BCUT2D eigenvalue weighted by Crippen LogP contribution is -2.43. The molecule has 0 saturated carbocycles. The van der Waals surface area contributed by atoms with Crippen molar-refractivity contribution in [1.82, 2.24) is 14.9 Å². The van der Waals surface area contributed by atoms with Gasteiger partial charge in [-0.2, -0.15) is 0 Å². The molecule has 1 heterocycles. The lowest BCUT2D eigenvalue weighted by molar-refractivity contribution is 0.275. The molecular formula is C18H30N4O4S. The maximum absolute atomic E-state index is 11.6. The van der Waals surface area contributed by atoms with Crippen molar-refractivity contribution in [1.29, 1.82) is 0 Å². The lowest BCUT2D eigenvalue weighted by atomic mass is 9.98. The predicted molar refractivity (Wildman–Crippen MR) is 107 cm³/mol. The van der Waals surface area contributed by atoms with Gasteiger partial charge in [0.1, 0.15) is 0 Å². The molecule has 0 aliphatic carbocycles. The van der Waals surface area contributed by atoms with Gasteiger partial charge in [0, 0.05) is 33.2 Å². The number of hydrogen-bond donors (Lipinski definition) is 2. The van der Waals surface area contributed by atoms with Gasteiger partial charge in [0.05, 0.1) is 20.5 Å². The first-order valence-electron chi connectivity index (χ1n) is 8.98. The number of benzene rings is 1. The first-order chi connectivity index (χ1) is 12.9. The minimum Gasteiger partial charge on any atom is -0.493 e. The van der Waals surface area contributed by atoms with E-state index in [-0.39, 0.29) is 0 Å². The third-order valence-corrected chi connectivity index (χ3v) is 6.04. The Kier molecular flexibility index (Phi) is 7.73. The fourth-order valence-corrected chi connectivity index (χ4v) is 3.96. The molecule has 0 spiro atoms. The van der Waals surface area contributed by atoms with Crippen LogP contribution in [-0.4, -0.2) is 65.8 Å². The van der Waals surface area contributed by atoms with Crippen molar-refractivity contribution in [3.63, 3.8) is 0 Å². The summed E-state index contributed by atoms with van der Waals surface area (Å²) < 4.78 is 35.3. The Morgan fingerprint density at radius 2 is 1.85 bits per heavy atom. The van der Waals surface area contributed by atoms with Crippen LogP contribution in [0.5, 0.6) is 11.5 Å². The number of rotatable bonds is 7. The number of sulfonamides is 1. The highest BCUT2D eigenvalue weighted by atomic mass is 32.2. The fourth-order valence-electron chi connectivity index (χ4n) is 3.08. The number of ether oxygens (including phenoxy) is 2. The first-order valence-corrected chi connectivity index (χ1v) is 10.8. The maximum Gasteiger partial charge on any atom is 0.211 e. The van der Waals surface area contributed by atoms with Crippen LogP contribution in [-0.2, 0) is 16.6 Å². The molecule has 8 nitrogen and oxygen atoms in total. The first kappa shape index (κ1) is 21.3. The third-order valence-electron chi connectivity index (χ3n) is 4.73. The Bertz CT molecular complexity index is 744. The summed E-state index contributed by atoms with van der Waals surface area (Å²) in [6, 6.07) is 5.78. The standard InChI is InChI=1S/C18H30N4O4S/c1-19-18(20-12-14-7-9-22(10-8-14)27(4,23)24)21-13-15-5-6-16(25-2)17(11-15)26-3/h5-6,11,14H,7-10,12-13H2,1-4H3,(H2,19,20,21). The molecule has 1 aromatic rings. The van der Waals surface area contributed by atoms with E-state index in [4.69, 9.17) is 9.47 Å². The Morgan fingerprint density at radius 3 is 2.41 bits per heavy atom. The number of nitrogens with zero attached hydrogens (tertiary/aromatic N) is 2. The van der Waals surface area contributed by atoms with Gasteiger partial charge in [-0.15, -0.1) is 0 Å². The second-order valence-corrected chi connectivity index (χ2v) is 8.58. The van der Waals surface area contributed by atoms with E-state index in [2.05, 4.69) is 15.6 Å². The predicted octanol–water partition coefficient (Wildman–Crippen LogP) is 1.04. The number of methoxy groups -OCH3 is 2. The summed E-state index contributed by atoms with van der Waals surface area (Å²) in [5.41, 5.74) is 1.05. The van der Waals surface area contributed by atoms with Crippen molar-refractivity contribution >= 4 is 16.0 Å². The average Bonchev–Trinajstić information content (AvgIpc) is 2.67. The largest absolute Gasteiger partial charge is 0.493 e. The Hall–Kier alpha value is -2.00. The van der Waals surface area contributed by atoms with Crippen molar-refractivity contribution in [2.24, 2.45) is 10.9 Å². The molecule has 1 saturated heterocycles. The zero-order chi connectivity index (χ0) is 19.9. The highest BCUT2D eigenvalue weighted by Crippen LogP contribution is 2.27. The van der Waals surface area contributed by atoms with Crippen molar-refractivity contribution < 1.29 is 17.9 Å². The topological polar surface area (TPSA) is 92.3 Å². The van der Waals surface area contributed by atoms with Crippen LogP contribution in [0.2, 0.25) is 0 Å². The molecule has 1 aliphatic heterocycles. The van der Waals surface area contributed by atoms with E-state index < -0.39 is 10.0 Å². The number of aliphatic imine (C=N–C) groups is 1. The van der Waals surface area contributed by atoms with Crippen LogP contribution in [0.15, 0.2) is 23.2 Å². The summed E-state index contributed by atoms with van der Waals surface area (Å²) in [5.74, 6) is 2.54. The minimum atomic E-state index is -3.08. The summed E-state index contributed by atoms with van der Waals surface area (Å²) >= 11 is 0. The van der Waals surface area contributed by atoms with Gasteiger partial charge in [-0.05, 0) is 36.5 Å². The molecule has 152 valence electrons. The number of piperidine rings is 1. The highest BCUT2D eigenvalue weighted by Gasteiger charge is 2.24. The Morgan fingerprint density at radius 1 is 1.19 bits per heavy atom. The molecule has 0 bridgehead atoms. The van der Waals surface area contributed by atoms with Crippen LogP contribution in [0.25, 0.3) is 0 Å². The van der Waals surface area contributed by atoms with E-state index in [1.165, 1.54) is 6.26 Å². The van der Waals surface area contributed by atoms with Gasteiger partial charge in [0.25, 0.3) is 0 Å². The molecule has 27 heavy (non-hydrogen) atoms. The molecule has 0 unspecified atom stereocenters. The van der Waals surface area contributed by atoms with Gasteiger partial charge in [-0.3, -0.25) is 4.99 Å². The number of nitrogens with one attached hydrogen (secondary N) is 2. The fraction of sp³-hybridized carbons (Fsp3) is 0.611. The normalized spacial score (nSPS) is 16.8. The molecule has 0 aromatic heterocycles. The van der Waals surface area contributed by atoms with E-state index >= 15 is 0 Å². The highest BCUT2D eigenvalue weighted by molar-refractivity contribution is 7.88. The molecule has 2 N–H and O–H groups in total. The van der Waals surface area contributed by atoms with E-state index in [9.17, 15) is 8.42 Å². The van der Waals surface area contributed by atoms with Gasteiger partial charge in [-0.25, -0.2) is 12.7 Å². The van der Waals surface area contributed by atoms with Crippen LogP contribution in [0, 0.1) is 5.92 Å². The average molecular weight is 399 g/mol. The SMILES string of the molecule is CN=C(NCc1ccc(OC)c(OC)c1)NCC1CCN(S(C)(=O)=O)CC1. The quantitative estimate of drug-likeness (QED) is 0.527. The summed E-state index contributed by atoms with van der Waals surface area (Å²) in [5, 5.41) is 6.61.